The highest BCUT2D eigenvalue weighted by atomic mass is 32.2. The minimum Gasteiger partial charge on any atom is -0.480 e. The van der Waals surface area contributed by atoms with Gasteiger partial charge in [0.1, 0.15) is 5.54 Å². The summed E-state index contributed by atoms with van der Waals surface area (Å²) in [6, 6.07) is 6.50. The fraction of sp³-hybridized carbons (Fsp3) is 0.500. The van der Waals surface area contributed by atoms with Crippen LogP contribution in [0.1, 0.15) is 32.3 Å². The van der Waals surface area contributed by atoms with Crippen molar-refractivity contribution in [3.8, 4) is 0 Å². The Morgan fingerprint density at radius 3 is 2.30 bits per heavy atom. The van der Waals surface area contributed by atoms with E-state index in [9.17, 15) is 18.3 Å². The van der Waals surface area contributed by atoms with Crippen LogP contribution in [0.15, 0.2) is 29.2 Å². The summed E-state index contributed by atoms with van der Waals surface area (Å²) in [5.74, 6) is -1.27. The van der Waals surface area contributed by atoms with Crippen molar-refractivity contribution >= 4 is 16.0 Å². The Morgan fingerprint density at radius 2 is 1.90 bits per heavy atom. The van der Waals surface area contributed by atoms with Crippen molar-refractivity contribution in [1.82, 2.24) is 4.72 Å². The Morgan fingerprint density at radius 1 is 1.35 bits per heavy atom. The summed E-state index contributed by atoms with van der Waals surface area (Å²) < 4.78 is 27.0. The minimum atomic E-state index is -3.82. The van der Waals surface area contributed by atoms with Crippen molar-refractivity contribution in [1.29, 1.82) is 0 Å². The van der Waals surface area contributed by atoms with Crippen LogP contribution in [0.3, 0.4) is 0 Å². The quantitative estimate of drug-likeness (QED) is 0.838. The lowest BCUT2D eigenvalue weighted by molar-refractivity contribution is -0.144. The predicted molar refractivity (Wildman–Crippen MR) is 74.9 cm³/mol. The van der Waals surface area contributed by atoms with Crippen LogP contribution in [0.25, 0.3) is 0 Å². The molecule has 5 nitrogen and oxygen atoms in total. The summed E-state index contributed by atoms with van der Waals surface area (Å²) in [5, 5.41) is 9.31. The standard InChI is InChI=1S/C14H19NO4S/c1-3-10-4-8-12(9-5-10)20(18,19)15-14(2,13(16)17)11-6-7-11/h4-5,8-9,11,15H,3,6-7H2,1-2H3,(H,16,17). The summed E-state index contributed by atoms with van der Waals surface area (Å²) in [4.78, 5) is 11.5. The van der Waals surface area contributed by atoms with Crippen molar-refractivity contribution in [2.45, 2.75) is 43.5 Å². The van der Waals surface area contributed by atoms with Gasteiger partial charge < -0.3 is 5.11 Å². The normalized spacial score (nSPS) is 18.5. The summed E-state index contributed by atoms with van der Waals surface area (Å²) in [6.45, 7) is 3.42. The molecule has 0 amide bonds. The molecule has 1 aromatic rings. The number of hydrogen-bond donors (Lipinski definition) is 2. The molecule has 1 saturated carbocycles. The van der Waals surface area contributed by atoms with Crippen LogP contribution in [-0.4, -0.2) is 25.0 Å². The highest BCUT2D eigenvalue weighted by Gasteiger charge is 2.50. The van der Waals surface area contributed by atoms with Crippen molar-refractivity contribution < 1.29 is 18.3 Å². The molecular formula is C14H19NO4S. The molecule has 1 fully saturated rings. The largest absolute Gasteiger partial charge is 0.480 e. The van der Waals surface area contributed by atoms with E-state index in [1.54, 1.807) is 12.1 Å². The van der Waals surface area contributed by atoms with E-state index in [0.717, 1.165) is 24.8 Å². The number of aliphatic carboxylic acids is 1. The molecule has 0 aliphatic heterocycles. The molecule has 110 valence electrons. The Labute approximate surface area is 119 Å². The molecule has 0 spiro atoms. The molecule has 6 heteroatoms. The first kappa shape index (κ1) is 15.0. The van der Waals surface area contributed by atoms with Crippen LogP contribution in [0.4, 0.5) is 0 Å². The second kappa shape index (κ2) is 5.18. The monoisotopic (exact) mass is 297 g/mol. The topological polar surface area (TPSA) is 83.5 Å². The van der Waals surface area contributed by atoms with Crippen LogP contribution in [0, 0.1) is 5.92 Å². The maximum Gasteiger partial charge on any atom is 0.324 e. The molecule has 1 aliphatic carbocycles. The van der Waals surface area contributed by atoms with Gasteiger partial charge in [-0.15, -0.1) is 0 Å². The highest BCUT2D eigenvalue weighted by molar-refractivity contribution is 7.89. The van der Waals surface area contributed by atoms with Gasteiger partial charge in [-0.1, -0.05) is 19.1 Å². The number of nitrogens with one attached hydrogen (secondary N) is 1. The minimum absolute atomic E-state index is 0.0998. The van der Waals surface area contributed by atoms with Gasteiger partial charge in [0.25, 0.3) is 0 Å². The van der Waals surface area contributed by atoms with Crippen LogP contribution in [-0.2, 0) is 21.2 Å². The predicted octanol–water partition coefficient (Wildman–Crippen LogP) is 1.78. The number of aryl methyl sites for hydroxylation is 1. The van der Waals surface area contributed by atoms with Crippen molar-refractivity contribution in [3.63, 3.8) is 0 Å². The third kappa shape index (κ3) is 2.86. The number of carboxylic acid groups (broad SMARTS) is 1. The number of sulfonamides is 1. The molecule has 1 atom stereocenters. The Balaban J connectivity index is 2.27. The van der Waals surface area contributed by atoms with Gasteiger partial charge in [-0.05, 0) is 49.8 Å². The zero-order valence-corrected chi connectivity index (χ0v) is 12.4. The van der Waals surface area contributed by atoms with Gasteiger partial charge in [-0.25, -0.2) is 8.42 Å². The Kier molecular flexibility index (Phi) is 3.88. The molecule has 1 aliphatic rings. The molecule has 1 unspecified atom stereocenters. The first-order valence-corrected chi connectivity index (χ1v) is 8.14. The highest BCUT2D eigenvalue weighted by Crippen LogP contribution is 2.40. The maximum absolute atomic E-state index is 12.3. The van der Waals surface area contributed by atoms with E-state index in [-0.39, 0.29) is 10.8 Å². The average Bonchev–Trinajstić information content (AvgIpc) is 3.22. The van der Waals surface area contributed by atoms with Crippen LogP contribution in [0.5, 0.6) is 0 Å². The second-order valence-corrected chi connectivity index (χ2v) is 7.07. The first-order chi connectivity index (χ1) is 9.29. The summed E-state index contributed by atoms with van der Waals surface area (Å²) in [5.41, 5.74) is -0.394. The molecule has 2 N–H and O–H groups in total. The maximum atomic E-state index is 12.3. The number of benzene rings is 1. The molecule has 0 aromatic heterocycles. The molecule has 1 aromatic carbocycles. The van der Waals surface area contributed by atoms with Gasteiger partial charge in [0, 0.05) is 0 Å². The zero-order chi connectivity index (χ0) is 15.0. The van der Waals surface area contributed by atoms with Crippen molar-refractivity contribution in [3.05, 3.63) is 29.8 Å². The van der Waals surface area contributed by atoms with Crippen LogP contribution >= 0.6 is 0 Å². The van der Waals surface area contributed by atoms with E-state index in [2.05, 4.69) is 4.72 Å². The Hall–Kier alpha value is -1.40. The van der Waals surface area contributed by atoms with Gasteiger partial charge in [-0.2, -0.15) is 4.72 Å². The van der Waals surface area contributed by atoms with Gasteiger partial charge in [0.15, 0.2) is 0 Å². The van der Waals surface area contributed by atoms with E-state index in [0.29, 0.717) is 0 Å². The second-order valence-electron chi connectivity index (χ2n) is 5.38. The smallest absolute Gasteiger partial charge is 0.324 e. The number of rotatable bonds is 6. The van der Waals surface area contributed by atoms with Crippen molar-refractivity contribution in [2.75, 3.05) is 0 Å². The van der Waals surface area contributed by atoms with E-state index in [1.165, 1.54) is 19.1 Å². The third-order valence-corrected chi connectivity index (χ3v) is 5.41. The molecule has 0 heterocycles. The molecular weight excluding hydrogens is 278 g/mol. The van der Waals surface area contributed by atoms with Gasteiger partial charge in [0.05, 0.1) is 4.90 Å². The summed E-state index contributed by atoms with van der Waals surface area (Å²) in [6.07, 6.45) is 2.29. The van der Waals surface area contributed by atoms with E-state index >= 15 is 0 Å². The fourth-order valence-electron chi connectivity index (χ4n) is 2.20. The molecule has 20 heavy (non-hydrogen) atoms. The molecule has 0 radical (unpaired) electrons. The zero-order valence-electron chi connectivity index (χ0n) is 11.6. The fourth-order valence-corrected chi connectivity index (χ4v) is 3.63. The van der Waals surface area contributed by atoms with Gasteiger partial charge in [-0.3, -0.25) is 4.79 Å². The SMILES string of the molecule is CCc1ccc(S(=O)(=O)NC(C)(C(=O)O)C2CC2)cc1. The Bertz CT molecular complexity index is 605. The first-order valence-electron chi connectivity index (χ1n) is 6.66. The number of hydrogen-bond acceptors (Lipinski definition) is 3. The average molecular weight is 297 g/mol. The lowest BCUT2D eigenvalue weighted by Crippen LogP contribution is -2.53. The van der Waals surface area contributed by atoms with Crippen LogP contribution in [0.2, 0.25) is 0 Å². The molecule has 2 rings (SSSR count). The third-order valence-electron chi connectivity index (χ3n) is 3.83. The summed E-state index contributed by atoms with van der Waals surface area (Å²) >= 11 is 0. The van der Waals surface area contributed by atoms with Crippen LogP contribution < -0.4 is 4.72 Å². The molecule has 0 bridgehead atoms. The van der Waals surface area contributed by atoms with E-state index in [4.69, 9.17) is 0 Å². The van der Waals surface area contributed by atoms with E-state index in [1.807, 2.05) is 6.92 Å². The van der Waals surface area contributed by atoms with Gasteiger partial charge in [0.2, 0.25) is 10.0 Å². The number of carboxylic acids is 1. The van der Waals surface area contributed by atoms with Gasteiger partial charge >= 0.3 is 5.97 Å². The summed E-state index contributed by atoms with van der Waals surface area (Å²) in [7, 11) is -3.82. The lowest BCUT2D eigenvalue weighted by atomic mass is 9.98. The van der Waals surface area contributed by atoms with E-state index < -0.39 is 21.5 Å². The lowest BCUT2D eigenvalue weighted by Gasteiger charge is -2.25. The van der Waals surface area contributed by atoms with Crippen molar-refractivity contribution in [2.24, 2.45) is 5.92 Å². The number of carbonyl (C=O) groups is 1. The molecule has 0 saturated heterocycles.